The lowest BCUT2D eigenvalue weighted by molar-refractivity contribution is -0.185. The summed E-state index contributed by atoms with van der Waals surface area (Å²) >= 11 is 0. The molecule has 3 aromatic rings. The molecule has 11 nitrogen and oxygen atoms in total. The van der Waals surface area contributed by atoms with Gasteiger partial charge in [-0.05, 0) is 18.1 Å². The average molecular weight is 517 g/mol. The smallest absolute Gasteiger partial charge is 0.296 e. The van der Waals surface area contributed by atoms with E-state index >= 15 is 4.39 Å². The molecule has 2 aromatic heterocycles. The number of aromatic nitrogens is 3. The number of imidazole rings is 1. The molecule has 2 fully saturated rings. The Morgan fingerprint density at radius 2 is 2.14 bits per heavy atom. The van der Waals surface area contributed by atoms with Crippen LogP contribution >= 0.6 is 0 Å². The molecular formula is C25H29FN4O7. The van der Waals surface area contributed by atoms with Crippen LogP contribution in [0, 0.1) is 5.82 Å². The molecule has 37 heavy (non-hydrogen) atoms. The number of H-pyrrole nitrogens is 1. The van der Waals surface area contributed by atoms with E-state index in [1.807, 2.05) is 13.0 Å². The number of aromatic amines is 1. The summed E-state index contributed by atoms with van der Waals surface area (Å²) in [5.74, 6) is -0.310. The maximum Gasteiger partial charge on any atom is 0.296 e. The molecule has 0 spiro atoms. The number of aryl methyl sites for hydroxylation is 1. The van der Waals surface area contributed by atoms with Crippen LogP contribution < -0.4 is 19.5 Å². The SMILES string of the molecule is CCc1cc2[nH]c(O[C@@H]3CO[C@]4(O)CCO[C@H]34)nc2nc1NC1COc2cc(OCCOC)cc(F)c21. The summed E-state index contributed by atoms with van der Waals surface area (Å²) in [6.45, 7) is 3.59. The Labute approximate surface area is 212 Å². The summed E-state index contributed by atoms with van der Waals surface area (Å²) in [5.41, 5.74) is 2.50. The number of aliphatic hydroxyl groups is 1. The van der Waals surface area contributed by atoms with Gasteiger partial charge in [0.15, 0.2) is 23.6 Å². The standard InChI is InChI=1S/C25H29FN4O7/c1-3-13-8-16-23(30-24(28-16)37-19-12-36-25(31)4-5-34-21(19)25)29-22(13)27-17-11-35-18-10-14(33-7-6-32-2)9-15(26)20(17)18/h8-10,17,19,21,31H,3-7,11-12H2,1-2H3,(H2,27,28,29,30)/t17?,19-,21-,25-/m1/s1. The third kappa shape index (κ3) is 4.43. The number of ether oxygens (including phenoxy) is 6. The zero-order valence-electron chi connectivity index (χ0n) is 20.6. The number of benzene rings is 1. The van der Waals surface area contributed by atoms with Gasteiger partial charge in [-0.3, -0.25) is 0 Å². The Hall–Kier alpha value is -3.19. The predicted octanol–water partition coefficient (Wildman–Crippen LogP) is 2.49. The average Bonchev–Trinajstić information content (AvgIpc) is 3.63. The van der Waals surface area contributed by atoms with Gasteiger partial charge in [0, 0.05) is 25.7 Å². The Bertz CT molecular complexity index is 1300. The number of rotatable bonds is 9. The van der Waals surface area contributed by atoms with Crippen molar-refractivity contribution in [2.75, 3.05) is 45.5 Å². The second kappa shape index (κ2) is 9.60. The van der Waals surface area contributed by atoms with Crippen LogP contribution in [0.25, 0.3) is 11.2 Å². The Morgan fingerprint density at radius 1 is 1.24 bits per heavy atom. The van der Waals surface area contributed by atoms with Crippen LogP contribution in [-0.4, -0.2) is 78.2 Å². The van der Waals surface area contributed by atoms with Crippen LogP contribution in [0.3, 0.4) is 0 Å². The fraction of sp³-hybridized carbons (Fsp3) is 0.520. The van der Waals surface area contributed by atoms with Crippen molar-refractivity contribution in [1.82, 2.24) is 15.0 Å². The number of pyridine rings is 1. The zero-order chi connectivity index (χ0) is 25.6. The van der Waals surface area contributed by atoms with Crippen LogP contribution in [0.2, 0.25) is 0 Å². The second-order valence-corrected chi connectivity index (χ2v) is 9.28. The highest BCUT2D eigenvalue weighted by atomic mass is 19.1. The summed E-state index contributed by atoms with van der Waals surface area (Å²) in [6.07, 6.45) is 0.0371. The van der Waals surface area contributed by atoms with Crippen molar-refractivity contribution in [2.24, 2.45) is 0 Å². The molecule has 0 saturated carbocycles. The number of hydrogen-bond donors (Lipinski definition) is 3. The molecule has 6 rings (SSSR count). The van der Waals surface area contributed by atoms with Crippen LogP contribution in [0.15, 0.2) is 18.2 Å². The van der Waals surface area contributed by atoms with Gasteiger partial charge in [0.1, 0.15) is 36.3 Å². The molecule has 1 aromatic carbocycles. The van der Waals surface area contributed by atoms with E-state index in [0.29, 0.717) is 66.7 Å². The van der Waals surface area contributed by atoms with Gasteiger partial charge < -0.3 is 43.8 Å². The van der Waals surface area contributed by atoms with Gasteiger partial charge in [0.25, 0.3) is 6.01 Å². The topological polar surface area (TPSA) is 129 Å². The minimum atomic E-state index is -1.31. The zero-order valence-corrected chi connectivity index (χ0v) is 20.6. The van der Waals surface area contributed by atoms with Crippen molar-refractivity contribution in [3.63, 3.8) is 0 Å². The maximum absolute atomic E-state index is 15.0. The molecule has 2 saturated heterocycles. The van der Waals surface area contributed by atoms with Crippen LogP contribution in [-0.2, 0) is 20.6 Å². The van der Waals surface area contributed by atoms with Crippen molar-refractivity contribution in [3.05, 3.63) is 35.1 Å². The molecule has 198 valence electrons. The molecule has 1 unspecified atom stereocenters. The third-order valence-electron chi connectivity index (χ3n) is 6.90. The number of fused-ring (bicyclic) bond motifs is 3. The third-order valence-corrected chi connectivity index (χ3v) is 6.90. The van der Waals surface area contributed by atoms with Crippen molar-refractivity contribution >= 4 is 17.0 Å². The number of methoxy groups -OCH3 is 1. The summed E-state index contributed by atoms with van der Waals surface area (Å²) in [7, 11) is 1.58. The Kier molecular flexibility index (Phi) is 6.27. The lowest BCUT2D eigenvalue weighted by atomic mass is 10.1. The van der Waals surface area contributed by atoms with E-state index < -0.39 is 29.9 Å². The normalized spacial score (nSPS) is 26.2. The quantitative estimate of drug-likeness (QED) is 0.365. The first-order valence-electron chi connectivity index (χ1n) is 12.4. The first-order chi connectivity index (χ1) is 18.0. The summed E-state index contributed by atoms with van der Waals surface area (Å²) in [5, 5.41) is 13.8. The van der Waals surface area contributed by atoms with E-state index in [4.69, 9.17) is 33.4 Å². The summed E-state index contributed by atoms with van der Waals surface area (Å²) < 4.78 is 48.4. The van der Waals surface area contributed by atoms with E-state index in [2.05, 4.69) is 15.3 Å². The predicted molar refractivity (Wildman–Crippen MR) is 129 cm³/mol. The van der Waals surface area contributed by atoms with Gasteiger partial charge in [0.2, 0.25) is 0 Å². The van der Waals surface area contributed by atoms with Crippen molar-refractivity contribution in [3.8, 4) is 17.5 Å². The molecule has 0 aliphatic carbocycles. The van der Waals surface area contributed by atoms with Crippen molar-refractivity contribution in [2.45, 2.75) is 43.8 Å². The highest BCUT2D eigenvalue weighted by Crippen LogP contribution is 2.40. The molecule has 4 atom stereocenters. The molecule has 3 N–H and O–H groups in total. The van der Waals surface area contributed by atoms with Crippen molar-refractivity contribution < 1.29 is 37.9 Å². The lowest BCUT2D eigenvalue weighted by Crippen LogP contribution is -2.41. The second-order valence-electron chi connectivity index (χ2n) is 9.28. The Morgan fingerprint density at radius 3 is 2.97 bits per heavy atom. The molecular weight excluding hydrogens is 487 g/mol. The first kappa shape index (κ1) is 24.2. The highest BCUT2D eigenvalue weighted by molar-refractivity contribution is 5.76. The molecule has 5 heterocycles. The minimum absolute atomic E-state index is 0.199. The largest absolute Gasteiger partial charge is 0.491 e. The molecule has 3 aliphatic rings. The number of halogens is 1. The van der Waals surface area contributed by atoms with Crippen LogP contribution in [0.1, 0.15) is 30.5 Å². The molecule has 0 bridgehead atoms. The van der Waals surface area contributed by atoms with Gasteiger partial charge in [0.05, 0.1) is 36.9 Å². The molecule has 0 radical (unpaired) electrons. The van der Waals surface area contributed by atoms with E-state index in [0.717, 1.165) is 5.56 Å². The van der Waals surface area contributed by atoms with Crippen LogP contribution in [0.5, 0.6) is 17.5 Å². The van der Waals surface area contributed by atoms with Gasteiger partial charge in [-0.15, -0.1) is 0 Å². The van der Waals surface area contributed by atoms with Gasteiger partial charge in [-0.1, -0.05) is 6.92 Å². The summed E-state index contributed by atoms with van der Waals surface area (Å²) in [4.78, 5) is 12.3. The van der Waals surface area contributed by atoms with E-state index in [1.54, 1.807) is 13.2 Å². The molecule has 3 aliphatic heterocycles. The monoisotopic (exact) mass is 516 g/mol. The van der Waals surface area contributed by atoms with E-state index in [-0.39, 0.29) is 19.2 Å². The maximum atomic E-state index is 15.0. The van der Waals surface area contributed by atoms with Crippen molar-refractivity contribution in [1.29, 1.82) is 0 Å². The van der Waals surface area contributed by atoms with Gasteiger partial charge in [-0.25, -0.2) is 9.37 Å². The molecule has 12 heteroatoms. The molecule has 0 amide bonds. The number of nitrogens with zero attached hydrogens (tertiary/aromatic N) is 2. The van der Waals surface area contributed by atoms with E-state index in [1.165, 1.54) is 6.07 Å². The fourth-order valence-corrected chi connectivity index (χ4v) is 5.01. The van der Waals surface area contributed by atoms with Gasteiger partial charge in [-0.2, -0.15) is 4.98 Å². The van der Waals surface area contributed by atoms with E-state index in [9.17, 15) is 5.11 Å². The minimum Gasteiger partial charge on any atom is -0.491 e. The van der Waals surface area contributed by atoms with Crippen LogP contribution in [0.4, 0.5) is 10.2 Å². The van der Waals surface area contributed by atoms with Gasteiger partial charge >= 0.3 is 0 Å². The lowest BCUT2D eigenvalue weighted by Gasteiger charge is -2.20. The summed E-state index contributed by atoms with van der Waals surface area (Å²) in [6, 6.07) is 4.82. The number of anilines is 1. The first-order valence-corrected chi connectivity index (χ1v) is 12.4. The highest BCUT2D eigenvalue weighted by Gasteiger charge is 2.55. The Balaban J connectivity index is 1.21. The number of nitrogens with one attached hydrogen (secondary N) is 2. The number of hydrogen-bond acceptors (Lipinski definition) is 10. The fourth-order valence-electron chi connectivity index (χ4n) is 5.01.